The Bertz CT molecular complexity index is 618. The number of rotatable bonds is 9. The molecule has 0 heterocycles. The van der Waals surface area contributed by atoms with Gasteiger partial charge in [0, 0.05) is 26.6 Å². The fraction of sp³-hybridized carbons (Fsp3) is 0.619. The summed E-state index contributed by atoms with van der Waals surface area (Å²) in [4.78, 5) is 16.1. The molecule has 6 nitrogen and oxygen atoms in total. The van der Waals surface area contributed by atoms with Gasteiger partial charge in [-0.1, -0.05) is 25.0 Å². The Kier molecular flexibility index (Phi) is 11.9. The van der Waals surface area contributed by atoms with Gasteiger partial charge in [-0.2, -0.15) is 0 Å². The van der Waals surface area contributed by atoms with Crippen molar-refractivity contribution >= 4 is 35.8 Å². The van der Waals surface area contributed by atoms with Gasteiger partial charge in [0.05, 0.1) is 6.54 Å². The predicted octanol–water partition coefficient (Wildman–Crippen LogP) is 3.24. The van der Waals surface area contributed by atoms with Crippen LogP contribution in [0.15, 0.2) is 29.3 Å². The Morgan fingerprint density at radius 1 is 1.21 bits per heavy atom. The first-order valence-corrected chi connectivity index (χ1v) is 10.0. The molecule has 0 bridgehead atoms. The first-order chi connectivity index (χ1) is 13.1. The SMILES string of the molecule is CN=C(NCCNC(=O)CC1CCCC1)NCC(C)Oc1cccc(C)c1.I. The molecule has 1 unspecified atom stereocenters. The van der Waals surface area contributed by atoms with Crippen molar-refractivity contribution in [3.63, 3.8) is 0 Å². The van der Waals surface area contributed by atoms with Crippen LogP contribution in [0.25, 0.3) is 0 Å². The second kappa shape index (κ2) is 13.6. The lowest BCUT2D eigenvalue weighted by Crippen LogP contribution is -2.44. The standard InChI is InChI=1S/C21H34N4O2.HI/c1-16-7-6-10-19(13-16)27-17(2)15-25-21(22-3)24-12-11-23-20(26)14-18-8-4-5-9-18;/h6-7,10,13,17-18H,4-5,8-9,11-12,14-15H2,1-3H3,(H,23,26)(H2,22,24,25);1H. The number of benzene rings is 1. The van der Waals surface area contributed by atoms with Crippen molar-refractivity contribution in [1.29, 1.82) is 0 Å². The van der Waals surface area contributed by atoms with Crippen LogP contribution in [0.1, 0.15) is 44.6 Å². The summed E-state index contributed by atoms with van der Waals surface area (Å²) in [5.41, 5.74) is 1.18. The molecule has 0 aliphatic heterocycles. The molecule has 1 aromatic rings. The second-order valence-corrected chi connectivity index (χ2v) is 7.33. The predicted molar refractivity (Wildman–Crippen MR) is 126 cm³/mol. The van der Waals surface area contributed by atoms with Gasteiger partial charge in [0.2, 0.25) is 5.91 Å². The van der Waals surface area contributed by atoms with Crippen molar-refractivity contribution < 1.29 is 9.53 Å². The Balaban J connectivity index is 0.00000392. The normalized spacial score (nSPS) is 15.5. The molecule has 1 fully saturated rings. The monoisotopic (exact) mass is 502 g/mol. The average Bonchev–Trinajstić information content (AvgIpc) is 3.14. The van der Waals surface area contributed by atoms with E-state index in [1.165, 1.54) is 31.2 Å². The zero-order valence-electron chi connectivity index (χ0n) is 17.3. The first kappa shape index (κ1) is 24.5. The molecule has 7 heteroatoms. The molecule has 28 heavy (non-hydrogen) atoms. The van der Waals surface area contributed by atoms with E-state index in [-0.39, 0.29) is 36.0 Å². The number of ether oxygens (including phenoxy) is 1. The van der Waals surface area contributed by atoms with E-state index in [1.54, 1.807) is 7.05 Å². The summed E-state index contributed by atoms with van der Waals surface area (Å²) in [5, 5.41) is 9.45. The largest absolute Gasteiger partial charge is 0.489 e. The number of aryl methyl sites for hydroxylation is 1. The molecular formula is C21H35IN4O2. The number of hydrogen-bond acceptors (Lipinski definition) is 3. The highest BCUT2D eigenvalue weighted by Crippen LogP contribution is 2.27. The molecule has 1 aliphatic rings. The Morgan fingerprint density at radius 3 is 2.61 bits per heavy atom. The number of amides is 1. The summed E-state index contributed by atoms with van der Waals surface area (Å²) in [6, 6.07) is 8.03. The average molecular weight is 502 g/mol. The third-order valence-electron chi connectivity index (χ3n) is 4.80. The molecule has 3 N–H and O–H groups in total. The topological polar surface area (TPSA) is 74.8 Å². The molecule has 1 amide bonds. The summed E-state index contributed by atoms with van der Waals surface area (Å²) < 4.78 is 5.91. The molecule has 158 valence electrons. The minimum absolute atomic E-state index is 0. The molecule has 0 aromatic heterocycles. The maximum Gasteiger partial charge on any atom is 0.220 e. The number of carbonyl (C=O) groups excluding carboxylic acids is 1. The number of aliphatic imine (C=N–C) groups is 1. The van der Waals surface area contributed by atoms with E-state index in [4.69, 9.17) is 4.74 Å². The molecule has 0 saturated heterocycles. The molecule has 1 aromatic carbocycles. The lowest BCUT2D eigenvalue weighted by molar-refractivity contribution is -0.121. The van der Waals surface area contributed by atoms with E-state index in [2.05, 4.69) is 20.9 Å². The number of halogens is 1. The van der Waals surface area contributed by atoms with E-state index < -0.39 is 0 Å². The highest BCUT2D eigenvalue weighted by atomic mass is 127. The first-order valence-electron chi connectivity index (χ1n) is 10.0. The van der Waals surface area contributed by atoms with Crippen molar-refractivity contribution in [2.75, 3.05) is 26.7 Å². The van der Waals surface area contributed by atoms with Crippen LogP contribution < -0.4 is 20.7 Å². The van der Waals surface area contributed by atoms with Gasteiger partial charge >= 0.3 is 0 Å². The highest BCUT2D eigenvalue weighted by molar-refractivity contribution is 14.0. The van der Waals surface area contributed by atoms with Crippen molar-refractivity contribution in [3.8, 4) is 5.75 Å². The fourth-order valence-electron chi connectivity index (χ4n) is 3.36. The minimum Gasteiger partial charge on any atom is -0.489 e. The summed E-state index contributed by atoms with van der Waals surface area (Å²) in [5.74, 6) is 2.33. The van der Waals surface area contributed by atoms with Gasteiger partial charge in [0.15, 0.2) is 5.96 Å². The van der Waals surface area contributed by atoms with Crippen molar-refractivity contribution in [2.45, 2.75) is 52.1 Å². The maximum absolute atomic E-state index is 11.9. The van der Waals surface area contributed by atoms with Gasteiger partial charge in [0.1, 0.15) is 11.9 Å². The quantitative estimate of drug-likeness (QED) is 0.210. The molecule has 0 radical (unpaired) electrons. The van der Waals surface area contributed by atoms with Crippen LogP contribution in [0.4, 0.5) is 0 Å². The zero-order chi connectivity index (χ0) is 19.5. The van der Waals surface area contributed by atoms with Gasteiger partial charge in [0.25, 0.3) is 0 Å². The zero-order valence-corrected chi connectivity index (χ0v) is 19.6. The van der Waals surface area contributed by atoms with Crippen molar-refractivity contribution in [1.82, 2.24) is 16.0 Å². The molecule has 0 spiro atoms. The number of guanidine groups is 1. The lowest BCUT2D eigenvalue weighted by Gasteiger charge is -2.18. The highest BCUT2D eigenvalue weighted by Gasteiger charge is 2.17. The van der Waals surface area contributed by atoms with Crippen LogP contribution in [0.2, 0.25) is 0 Å². The van der Waals surface area contributed by atoms with E-state index in [9.17, 15) is 4.79 Å². The fourth-order valence-corrected chi connectivity index (χ4v) is 3.36. The van der Waals surface area contributed by atoms with Crippen LogP contribution in [0, 0.1) is 12.8 Å². The summed E-state index contributed by atoms with van der Waals surface area (Å²) >= 11 is 0. The van der Waals surface area contributed by atoms with Crippen LogP contribution in [0.3, 0.4) is 0 Å². The van der Waals surface area contributed by atoms with Crippen LogP contribution >= 0.6 is 24.0 Å². The summed E-state index contributed by atoms with van der Waals surface area (Å²) in [6.45, 7) is 5.95. The van der Waals surface area contributed by atoms with E-state index >= 15 is 0 Å². The maximum atomic E-state index is 11.9. The number of nitrogens with zero attached hydrogens (tertiary/aromatic N) is 1. The van der Waals surface area contributed by atoms with E-state index in [1.807, 2.05) is 38.1 Å². The molecular weight excluding hydrogens is 467 g/mol. The Morgan fingerprint density at radius 2 is 1.93 bits per heavy atom. The molecule has 1 saturated carbocycles. The van der Waals surface area contributed by atoms with Crippen molar-refractivity contribution in [3.05, 3.63) is 29.8 Å². The third-order valence-corrected chi connectivity index (χ3v) is 4.80. The van der Waals surface area contributed by atoms with E-state index in [0.717, 1.165) is 5.75 Å². The van der Waals surface area contributed by atoms with Crippen molar-refractivity contribution in [2.24, 2.45) is 10.9 Å². The van der Waals surface area contributed by atoms with Gasteiger partial charge in [-0.15, -0.1) is 24.0 Å². The smallest absolute Gasteiger partial charge is 0.220 e. The minimum atomic E-state index is 0. The molecule has 2 rings (SSSR count). The Hall–Kier alpha value is -1.51. The number of hydrogen-bond donors (Lipinski definition) is 3. The second-order valence-electron chi connectivity index (χ2n) is 7.33. The van der Waals surface area contributed by atoms with Gasteiger partial charge in [-0.3, -0.25) is 9.79 Å². The van der Waals surface area contributed by atoms with Crippen LogP contribution in [-0.2, 0) is 4.79 Å². The lowest BCUT2D eigenvalue weighted by atomic mass is 10.0. The van der Waals surface area contributed by atoms with Gasteiger partial charge in [-0.05, 0) is 50.3 Å². The third kappa shape index (κ3) is 9.61. The van der Waals surface area contributed by atoms with Gasteiger partial charge in [-0.25, -0.2) is 0 Å². The summed E-state index contributed by atoms with van der Waals surface area (Å²) in [6.07, 6.45) is 5.62. The molecule has 1 aliphatic carbocycles. The van der Waals surface area contributed by atoms with Crippen LogP contribution in [-0.4, -0.2) is 44.7 Å². The Labute approximate surface area is 186 Å². The van der Waals surface area contributed by atoms with E-state index in [0.29, 0.717) is 37.9 Å². The van der Waals surface area contributed by atoms with Gasteiger partial charge < -0.3 is 20.7 Å². The molecule has 1 atom stereocenters. The summed E-state index contributed by atoms with van der Waals surface area (Å²) in [7, 11) is 1.74. The number of nitrogens with one attached hydrogen (secondary N) is 3. The van der Waals surface area contributed by atoms with Crippen LogP contribution in [0.5, 0.6) is 5.75 Å². The number of carbonyl (C=O) groups is 1.